The number of carbonyl (C=O) groups is 1. The summed E-state index contributed by atoms with van der Waals surface area (Å²) in [6.45, 7) is 0. The monoisotopic (exact) mass is 119 g/mol. The molecule has 2 nitrogen and oxygen atoms in total. The van der Waals surface area contributed by atoms with Crippen LogP contribution in [0.1, 0.15) is 0 Å². The number of rotatable bonds is 3. The second kappa shape index (κ2) is 4.23. The zero-order chi connectivity index (χ0) is 5.70. The Morgan fingerprint density at radius 3 is 2.57 bits per heavy atom. The summed E-state index contributed by atoms with van der Waals surface area (Å²) < 4.78 is 0. The van der Waals surface area contributed by atoms with Gasteiger partial charge < -0.3 is 10.1 Å². The van der Waals surface area contributed by atoms with E-state index in [9.17, 15) is 4.79 Å². The Bertz CT molecular complexity index is 53.7. The first-order valence-corrected chi connectivity index (χ1v) is 2.99. The summed E-state index contributed by atoms with van der Waals surface area (Å²) in [5.74, 6) is 0. The van der Waals surface area contributed by atoms with Crippen molar-refractivity contribution in [3.63, 3.8) is 0 Å². The first kappa shape index (κ1) is 7.06. The number of aldehydes is 1. The average molecular weight is 119 g/mol. The third-order valence-electron chi connectivity index (χ3n) is 0.789. The third kappa shape index (κ3) is 2.72. The van der Waals surface area contributed by atoms with Crippen LogP contribution in [0.4, 0.5) is 0 Å². The van der Waals surface area contributed by atoms with E-state index in [1.54, 1.807) is 7.05 Å². The number of hydrogen-bond acceptors (Lipinski definition) is 2. The molecule has 0 aromatic rings. The smallest absolute Gasteiger partial charge is 0.137 e. The molecule has 0 aliphatic heterocycles. The molecular weight excluding hydrogens is 109 g/mol. The maximum atomic E-state index is 9.89. The van der Waals surface area contributed by atoms with Crippen LogP contribution in [0, 0.1) is 0 Å². The van der Waals surface area contributed by atoms with Crippen LogP contribution in [-0.4, -0.2) is 25.5 Å². The van der Waals surface area contributed by atoms with Crippen LogP contribution in [0.2, 0.25) is 0 Å². The summed E-state index contributed by atoms with van der Waals surface area (Å²) in [6, 6.07) is 0.0185. The van der Waals surface area contributed by atoms with Crippen molar-refractivity contribution >= 4 is 15.5 Å². The number of nitrogens with one attached hydrogen (secondary N) is 1. The summed E-state index contributed by atoms with van der Waals surface area (Å²) in [5.41, 5.74) is 0. The lowest BCUT2D eigenvalue weighted by Gasteiger charge is -2.00. The summed E-state index contributed by atoms with van der Waals surface area (Å²) in [6.07, 6.45) is 1.69. The van der Waals surface area contributed by atoms with Crippen LogP contribution in [-0.2, 0) is 4.79 Å². The molecule has 1 N–H and O–H groups in total. The molecule has 2 unspecified atom stereocenters. The van der Waals surface area contributed by atoms with Gasteiger partial charge in [0.15, 0.2) is 0 Å². The quantitative estimate of drug-likeness (QED) is 0.406. The normalized spacial score (nSPS) is 13.4. The van der Waals surface area contributed by atoms with Gasteiger partial charge >= 0.3 is 0 Å². The molecule has 2 atom stereocenters. The van der Waals surface area contributed by atoms with Gasteiger partial charge in [0, 0.05) is 0 Å². The van der Waals surface area contributed by atoms with E-state index in [4.69, 9.17) is 0 Å². The van der Waals surface area contributed by atoms with Crippen molar-refractivity contribution in [1.29, 1.82) is 0 Å². The van der Waals surface area contributed by atoms with E-state index < -0.39 is 0 Å². The molecule has 7 heavy (non-hydrogen) atoms. The van der Waals surface area contributed by atoms with Gasteiger partial charge in [0.1, 0.15) is 6.29 Å². The van der Waals surface area contributed by atoms with Crippen molar-refractivity contribution in [3.8, 4) is 0 Å². The Morgan fingerprint density at radius 1 is 2.00 bits per heavy atom. The van der Waals surface area contributed by atoms with Crippen LogP contribution < -0.4 is 5.32 Å². The second-order valence-corrected chi connectivity index (χ2v) is 1.74. The molecule has 0 radical (unpaired) electrons. The minimum Gasteiger partial charge on any atom is -0.311 e. The van der Waals surface area contributed by atoms with Gasteiger partial charge in [-0.25, -0.2) is 0 Å². The van der Waals surface area contributed by atoms with E-state index in [1.165, 1.54) is 0 Å². The van der Waals surface area contributed by atoms with Crippen LogP contribution >= 0.6 is 9.24 Å². The average Bonchev–Trinajstić information content (AvgIpc) is 1.72. The Morgan fingerprint density at radius 2 is 2.57 bits per heavy atom. The van der Waals surface area contributed by atoms with Gasteiger partial charge in [-0.15, -0.1) is 9.24 Å². The minimum absolute atomic E-state index is 0.0185. The summed E-state index contributed by atoms with van der Waals surface area (Å²) >= 11 is 0. The molecule has 0 rings (SSSR count). The van der Waals surface area contributed by atoms with Gasteiger partial charge in [-0.1, -0.05) is 0 Å². The first-order valence-electron chi connectivity index (χ1n) is 2.17. The molecule has 0 fully saturated rings. The lowest BCUT2D eigenvalue weighted by molar-refractivity contribution is -0.109. The molecule has 0 spiro atoms. The van der Waals surface area contributed by atoms with Gasteiger partial charge in [0.05, 0.1) is 6.04 Å². The summed E-state index contributed by atoms with van der Waals surface area (Å²) in [4.78, 5) is 9.89. The standard InChI is InChI=1S/C4H10NOP/c1-5-4(2-6)3-7/h2,4-5H,3,7H2,1H3. The molecule has 0 aromatic heterocycles. The van der Waals surface area contributed by atoms with Crippen LogP contribution in [0.15, 0.2) is 0 Å². The minimum atomic E-state index is 0.0185. The molecule has 0 aliphatic carbocycles. The van der Waals surface area contributed by atoms with E-state index in [0.29, 0.717) is 0 Å². The summed E-state index contributed by atoms with van der Waals surface area (Å²) in [5, 5.41) is 2.81. The molecule has 0 aliphatic rings. The molecule has 0 saturated carbocycles. The van der Waals surface area contributed by atoms with E-state index in [1.807, 2.05) is 0 Å². The fourth-order valence-corrected chi connectivity index (χ4v) is 0.588. The third-order valence-corrected chi connectivity index (χ3v) is 1.30. The molecule has 3 heteroatoms. The summed E-state index contributed by atoms with van der Waals surface area (Å²) in [7, 11) is 4.26. The molecule has 0 amide bonds. The lowest BCUT2D eigenvalue weighted by atomic mass is 10.4. The number of hydrogen-bond donors (Lipinski definition) is 1. The van der Waals surface area contributed by atoms with E-state index in [2.05, 4.69) is 14.6 Å². The second-order valence-electron chi connectivity index (χ2n) is 1.27. The molecular formula is C4H10NOP. The van der Waals surface area contributed by atoms with Gasteiger partial charge in [0.25, 0.3) is 0 Å². The maximum Gasteiger partial charge on any atom is 0.137 e. The number of likely N-dealkylation sites (N-methyl/N-ethyl adjacent to an activating group) is 1. The van der Waals surface area contributed by atoms with Crippen molar-refractivity contribution in [3.05, 3.63) is 0 Å². The van der Waals surface area contributed by atoms with Crippen molar-refractivity contribution in [2.24, 2.45) is 0 Å². The van der Waals surface area contributed by atoms with Gasteiger partial charge in [-0.05, 0) is 13.2 Å². The van der Waals surface area contributed by atoms with Crippen molar-refractivity contribution in [1.82, 2.24) is 5.32 Å². The largest absolute Gasteiger partial charge is 0.311 e. The predicted molar refractivity (Wildman–Crippen MR) is 33.5 cm³/mol. The molecule has 0 aromatic carbocycles. The Hall–Kier alpha value is 0.0600. The highest BCUT2D eigenvalue weighted by atomic mass is 31.0. The zero-order valence-electron chi connectivity index (χ0n) is 4.35. The van der Waals surface area contributed by atoms with Crippen LogP contribution in [0.5, 0.6) is 0 Å². The van der Waals surface area contributed by atoms with Crippen molar-refractivity contribution < 1.29 is 4.79 Å². The van der Waals surface area contributed by atoms with Crippen LogP contribution in [0.25, 0.3) is 0 Å². The Kier molecular flexibility index (Phi) is 4.26. The van der Waals surface area contributed by atoms with Crippen molar-refractivity contribution in [2.75, 3.05) is 13.2 Å². The highest BCUT2D eigenvalue weighted by Gasteiger charge is 1.95. The van der Waals surface area contributed by atoms with E-state index >= 15 is 0 Å². The topological polar surface area (TPSA) is 29.1 Å². The lowest BCUT2D eigenvalue weighted by Crippen LogP contribution is -2.27. The van der Waals surface area contributed by atoms with E-state index in [0.717, 1.165) is 12.4 Å². The van der Waals surface area contributed by atoms with E-state index in [-0.39, 0.29) is 6.04 Å². The highest BCUT2D eigenvalue weighted by molar-refractivity contribution is 7.16. The molecule has 42 valence electrons. The highest BCUT2D eigenvalue weighted by Crippen LogP contribution is 1.83. The van der Waals surface area contributed by atoms with Crippen molar-refractivity contribution in [2.45, 2.75) is 6.04 Å². The maximum absolute atomic E-state index is 9.89. The fraction of sp³-hybridized carbons (Fsp3) is 0.750. The first-order chi connectivity index (χ1) is 3.35. The Labute approximate surface area is 45.9 Å². The van der Waals surface area contributed by atoms with Gasteiger partial charge in [-0.3, -0.25) is 0 Å². The number of carbonyl (C=O) groups excluding carboxylic acids is 1. The molecule has 0 heterocycles. The SMILES string of the molecule is CNC(C=O)CP. The fourth-order valence-electron chi connectivity index (χ4n) is 0.241. The van der Waals surface area contributed by atoms with Gasteiger partial charge in [0.2, 0.25) is 0 Å². The molecule has 0 saturated heterocycles. The predicted octanol–water partition coefficient (Wildman–Crippen LogP) is -0.352. The van der Waals surface area contributed by atoms with Crippen LogP contribution in [0.3, 0.4) is 0 Å². The van der Waals surface area contributed by atoms with Gasteiger partial charge in [-0.2, -0.15) is 0 Å². The Balaban J connectivity index is 3.16. The zero-order valence-corrected chi connectivity index (χ0v) is 5.50. The molecule has 0 bridgehead atoms.